The number of amides is 2. The number of imide groups is 1. The van der Waals surface area contributed by atoms with Crippen molar-refractivity contribution in [1.82, 2.24) is 0 Å². The summed E-state index contributed by atoms with van der Waals surface area (Å²) in [6.45, 7) is 0.364. The van der Waals surface area contributed by atoms with Crippen molar-refractivity contribution < 1.29 is 56.4 Å². The number of carbonyl (C=O) groups excluding carboxylic acids is 2. The van der Waals surface area contributed by atoms with Crippen LogP contribution in [0.2, 0.25) is 0 Å². The molecule has 232 valence electrons. The van der Waals surface area contributed by atoms with Crippen LogP contribution in [0.25, 0.3) is 6.08 Å². The number of phenols is 1. The molecule has 0 spiro atoms. The van der Waals surface area contributed by atoms with E-state index >= 15 is 0 Å². The van der Waals surface area contributed by atoms with Gasteiger partial charge in [-0.15, -0.1) is 0 Å². The molecule has 1 aliphatic carbocycles. The van der Waals surface area contributed by atoms with Crippen molar-refractivity contribution in [3.05, 3.63) is 75.9 Å². The zero-order valence-electron chi connectivity index (χ0n) is 22.8. The highest BCUT2D eigenvalue weighted by atomic mass is 19.4. The first kappa shape index (κ1) is 32.2. The first-order chi connectivity index (χ1) is 20.1. The highest BCUT2D eigenvalue weighted by Gasteiger charge is 2.55. The summed E-state index contributed by atoms with van der Waals surface area (Å²) in [6, 6.07) is 6.83. The van der Waals surface area contributed by atoms with E-state index in [4.69, 9.17) is 0 Å². The van der Waals surface area contributed by atoms with E-state index in [2.05, 4.69) is 0 Å². The number of aliphatic hydroxyl groups excluding tert-OH is 3. The molecule has 0 unspecified atom stereocenters. The molecule has 2 amide bonds. The van der Waals surface area contributed by atoms with Gasteiger partial charge in [-0.3, -0.25) is 9.59 Å². The van der Waals surface area contributed by atoms with Gasteiger partial charge in [0.05, 0.1) is 48.0 Å². The zero-order valence-corrected chi connectivity index (χ0v) is 22.8. The van der Waals surface area contributed by atoms with Crippen LogP contribution in [-0.4, -0.2) is 51.6 Å². The van der Waals surface area contributed by atoms with Crippen LogP contribution >= 0.6 is 0 Å². The molecular formula is C30H29F6NO6. The summed E-state index contributed by atoms with van der Waals surface area (Å²) in [5.41, 5.74) is -2.42. The minimum Gasteiger partial charge on any atom is -0.508 e. The number of aromatic hydroxyl groups is 1. The lowest BCUT2D eigenvalue weighted by atomic mass is 9.68. The van der Waals surface area contributed by atoms with Gasteiger partial charge in [0.15, 0.2) is 0 Å². The van der Waals surface area contributed by atoms with Crippen molar-refractivity contribution in [2.24, 2.45) is 17.8 Å². The van der Waals surface area contributed by atoms with Gasteiger partial charge in [-0.05, 0) is 73.2 Å². The lowest BCUT2D eigenvalue weighted by Crippen LogP contribution is -2.39. The van der Waals surface area contributed by atoms with Crippen LogP contribution in [0.4, 0.5) is 32.0 Å². The summed E-state index contributed by atoms with van der Waals surface area (Å²) in [5, 5.41) is 40.9. The third-order valence-electron chi connectivity index (χ3n) is 7.88. The van der Waals surface area contributed by atoms with Gasteiger partial charge in [-0.2, -0.15) is 26.3 Å². The summed E-state index contributed by atoms with van der Waals surface area (Å²) >= 11 is 0. The molecule has 4 rings (SSSR count). The van der Waals surface area contributed by atoms with E-state index < -0.39 is 78.1 Å². The molecule has 0 bridgehead atoms. The van der Waals surface area contributed by atoms with Crippen molar-refractivity contribution in [3.63, 3.8) is 0 Å². The lowest BCUT2D eigenvalue weighted by Gasteiger charge is -2.36. The number of nitrogens with zero attached hydrogens (tertiary/aromatic N) is 1. The van der Waals surface area contributed by atoms with Crippen molar-refractivity contribution >= 4 is 23.6 Å². The fourth-order valence-electron chi connectivity index (χ4n) is 5.87. The third kappa shape index (κ3) is 6.63. The van der Waals surface area contributed by atoms with E-state index in [-0.39, 0.29) is 52.8 Å². The molecule has 1 saturated heterocycles. The van der Waals surface area contributed by atoms with Crippen LogP contribution in [-0.2, 0) is 21.9 Å². The number of benzene rings is 2. The SMILES string of the molecule is C/C(=C\c1ccc(O)cc1)CC[C@@H](O)C1=C(CO)C[C@H]2C(=O)N(c3cc(C(F)(F)F)cc(C(F)(F)F)c3)C(=O)[C@H]2[C@H]1CO. The first-order valence-corrected chi connectivity index (χ1v) is 13.3. The standard InChI is InChI=1S/C30H29F6NO6/c1-15(8-16-3-5-21(40)6-4-16)2-7-24(41)25-17(13-38)9-22-26(23(25)14-39)28(43)37(27(22)42)20-11-18(29(31,32)33)10-19(12-20)30(34,35)36/h3-6,8,10-12,22-24,26,38-41H,2,7,9,13-14H2,1H3/b15-8+/t22-,23+,24-,26-/m1/s1. The summed E-state index contributed by atoms with van der Waals surface area (Å²) < 4.78 is 80.8. The monoisotopic (exact) mass is 613 g/mol. The molecule has 2 aliphatic rings. The van der Waals surface area contributed by atoms with Crippen molar-refractivity contribution in [3.8, 4) is 5.75 Å². The quantitative estimate of drug-likeness (QED) is 0.187. The Labute approximate surface area is 242 Å². The Balaban J connectivity index is 1.64. The van der Waals surface area contributed by atoms with E-state index in [0.717, 1.165) is 11.1 Å². The molecule has 0 saturated carbocycles. The molecule has 1 heterocycles. The highest BCUT2D eigenvalue weighted by Crippen LogP contribution is 2.48. The average molecular weight is 614 g/mol. The molecule has 0 radical (unpaired) electrons. The molecule has 2 aromatic carbocycles. The van der Waals surface area contributed by atoms with E-state index in [1.165, 1.54) is 12.1 Å². The number of rotatable bonds is 8. The number of anilines is 1. The van der Waals surface area contributed by atoms with Gasteiger partial charge >= 0.3 is 12.4 Å². The van der Waals surface area contributed by atoms with E-state index in [0.29, 0.717) is 6.42 Å². The Hall–Kier alpha value is -3.68. The minimum absolute atomic E-state index is 0.0849. The van der Waals surface area contributed by atoms with Crippen LogP contribution in [0.1, 0.15) is 42.9 Å². The Bertz CT molecular complexity index is 1410. The Morgan fingerprint density at radius 2 is 1.56 bits per heavy atom. The Morgan fingerprint density at radius 1 is 0.977 bits per heavy atom. The molecule has 0 aromatic heterocycles. The predicted octanol–water partition coefficient (Wildman–Crippen LogP) is 5.08. The number of fused-ring (bicyclic) bond motifs is 1. The molecule has 13 heteroatoms. The van der Waals surface area contributed by atoms with Crippen LogP contribution in [0, 0.1) is 17.8 Å². The lowest BCUT2D eigenvalue weighted by molar-refractivity contribution is -0.143. The number of carbonyl (C=O) groups is 2. The van der Waals surface area contributed by atoms with Crippen LogP contribution < -0.4 is 4.90 Å². The minimum atomic E-state index is -5.21. The van der Waals surface area contributed by atoms with Crippen molar-refractivity contribution in [2.75, 3.05) is 18.1 Å². The molecule has 2 aromatic rings. The number of aliphatic hydroxyl groups is 3. The maximum atomic E-state index is 13.5. The third-order valence-corrected chi connectivity index (χ3v) is 7.88. The smallest absolute Gasteiger partial charge is 0.416 e. The largest absolute Gasteiger partial charge is 0.508 e. The number of hydrogen-bond acceptors (Lipinski definition) is 6. The fraction of sp³-hybridized carbons (Fsp3) is 0.400. The molecular weight excluding hydrogens is 584 g/mol. The average Bonchev–Trinajstić information content (AvgIpc) is 3.19. The second kappa shape index (κ2) is 12.1. The Kier molecular flexibility index (Phi) is 9.10. The van der Waals surface area contributed by atoms with E-state index in [1.54, 1.807) is 19.1 Å². The molecule has 1 aliphatic heterocycles. The maximum Gasteiger partial charge on any atom is 0.416 e. The van der Waals surface area contributed by atoms with E-state index in [1.807, 2.05) is 6.08 Å². The number of halogens is 6. The normalized spacial score (nSPS) is 22.3. The van der Waals surface area contributed by atoms with E-state index in [9.17, 15) is 56.4 Å². The van der Waals surface area contributed by atoms with Gasteiger partial charge in [-0.1, -0.05) is 23.8 Å². The summed E-state index contributed by atoms with van der Waals surface area (Å²) in [5.74, 6) is -5.95. The van der Waals surface area contributed by atoms with Gasteiger partial charge in [0, 0.05) is 5.92 Å². The van der Waals surface area contributed by atoms with Crippen molar-refractivity contribution in [1.29, 1.82) is 0 Å². The summed E-state index contributed by atoms with van der Waals surface area (Å²) in [4.78, 5) is 27.2. The van der Waals surface area contributed by atoms with Crippen LogP contribution in [0.15, 0.2) is 59.2 Å². The molecule has 4 N–H and O–H groups in total. The topological polar surface area (TPSA) is 118 Å². The van der Waals surface area contributed by atoms with Crippen LogP contribution in [0.5, 0.6) is 5.75 Å². The first-order valence-electron chi connectivity index (χ1n) is 13.3. The van der Waals surface area contributed by atoms with Crippen molar-refractivity contribution in [2.45, 2.75) is 44.6 Å². The van der Waals surface area contributed by atoms with Gasteiger partial charge in [0.25, 0.3) is 0 Å². The zero-order chi connectivity index (χ0) is 31.9. The Morgan fingerprint density at radius 3 is 2.07 bits per heavy atom. The second-order valence-corrected chi connectivity index (χ2v) is 10.8. The molecule has 4 atom stereocenters. The number of allylic oxidation sites excluding steroid dienone is 1. The number of phenolic OH excluding ortho intramolecular Hbond substituents is 1. The van der Waals surface area contributed by atoms with Gasteiger partial charge in [0.1, 0.15) is 5.75 Å². The maximum absolute atomic E-state index is 13.5. The summed E-state index contributed by atoms with van der Waals surface area (Å²) in [6.07, 6.45) is -9.75. The van der Waals surface area contributed by atoms with Gasteiger partial charge in [-0.25, -0.2) is 4.90 Å². The molecule has 7 nitrogen and oxygen atoms in total. The number of alkyl halides is 6. The van der Waals surface area contributed by atoms with Gasteiger partial charge in [0.2, 0.25) is 11.8 Å². The predicted molar refractivity (Wildman–Crippen MR) is 142 cm³/mol. The molecule has 1 fully saturated rings. The summed E-state index contributed by atoms with van der Waals surface area (Å²) in [7, 11) is 0. The highest BCUT2D eigenvalue weighted by molar-refractivity contribution is 6.22. The fourth-order valence-corrected chi connectivity index (χ4v) is 5.87. The molecule has 43 heavy (non-hydrogen) atoms. The number of hydrogen-bond donors (Lipinski definition) is 4. The van der Waals surface area contributed by atoms with Gasteiger partial charge < -0.3 is 20.4 Å². The second-order valence-electron chi connectivity index (χ2n) is 10.8. The van der Waals surface area contributed by atoms with Crippen LogP contribution in [0.3, 0.4) is 0 Å².